The molecule has 10 heavy (non-hydrogen) atoms. The number of hydrogen-bond acceptors (Lipinski definition) is 1. The first kappa shape index (κ1) is 11.8. The molecule has 5 heteroatoms. The van der Waals surface area contributed by atoms with E-state index >= 15 is 0 Å². The summed E-state index contributed by atoms with van der Waals surface area (Å²) in [5.41, 5.74) is -0.757. The fourth-order valence-electron chi connectivity index (χ4n) is 0. The van der Waals surface area contributed by atoms with Gasteiger partial charge in [0.25, 0.3) is 6.47 Å². The third-order valence-corrected chi connectivity index (χ3v) is 0.484. The molecule has 60 valence electrons. The van der Waals surface area contributed by atoms with Gasteiger partial charge in [0, 0.05) is 5.57 Å². The Bertz CT molecular complexity index is 117. The van der Waals surface area contributed by atoms with Crippen LogP contribution in [0, 0.1) is 0 Å². The van der Waals surface area contributed by atoms with E-state index in [-0.39, 0.29) is 6.47 Å². The van der Waals surface area contributed by atoms with Crippen LogP contribution in [0.15, 0.2) is 12.2 Å². The molecular formula is C5H7F3O2. The van der Waals surface area contributed by atoms with Gasteiger partial charge in [-0.3, -0.25) is 4.79 Å². The van der Waals surface area contributed by atoms with E-state index in [0.29, 0.717) is 0 Å². The van der Waals surface area contributed by atoms with E-state index in [0.717, 1.165) is 6.92 Å². The molecule has 2 nitrogen and oxygen atoms in total. The molecule has 0 spiro atoms. The van der Waals surface area contributed by atoms with E-state index in [4.69, 9.17) is 9.90 Å². The molecule has 0 aromatic carbocycles. The van der Waals surface area contributed by atoms with Crippen LogP contribution in [0.2, 0.25) is 0 Å². The Kier molecular flexibility index (Phi) is 5.69. The maximum absolute atomic E-state index is 11.1. The number of hydrogen-bond donors (Lipinski definition) is 1. The number of alkyl halides is 3. The Morgan fingerprint density at radius 1 is 1.60 bits per heavy atom. The van der Waals surface area contributed by atoms with E-state index in [2.05, 4.69) is 6.58 Å². The SMILES string of the molecule is C=C(C)C(F)(F)F.O=CO. The second-order valence-corrected chi connectivity index (χ2v) is 1.38. The summed E-state index contributed by atoms with van der Waals surface area (Å²) < 4.78 is 33.2. The molecule has 0 radical (unpaired) electrons. The van der Waals surface area contributed by atoms with Crippen LogP contribution in [-0.4, -0.2) is 17.8 Å². The highest BCUT2D eigenvalue weighted by atomic mass is 19.4. The minimum Gasteiger partial charge on any atom is -0.483 e. The lowest BCUT2D eigenvalue weighted by Gasteiger charge is -2.01. The molecule has 0 saturated carbocycles. The van der Waals surface area contributed by atoms with Crippen LogP contribution in [0.1, 0.15) is 6.92 Å². The Morgan fingerprint density at radius 2 is 1.70 bits per heavy atom. The quantitative estimate of drug-likeness (QED) is 0.429. The summed E-state index contributed by atoms with van der Waals surface area (Å²) in [6, 6.07) is 0. The predicted molar refractivity (Wildman–Crippen MR) is 29.6 cm³/mol. The van der Waals surface area contributed by atoms with Crippen LogP contribution in [0.25, 0.3) is 0 Å². The van der Waals surface area contributed by atoms with E-state index in [1.165, 1.54) is 0 Å². The molecule has 0 rings (SSSR count). The van der Waals surface area contributed by atoms with E-state index in [1.54, 1.807) is 0 Å². The number of allylic oxidation sites excluding steroid dienone is 1. The van der Waals surface area contributed by atoms with Crippen molar-refractivity contribution < 1.29 is 23.1 Å². The molecule has 1 N–H and O–H groups in total. The molecule has 0 bridgehead atoms. The lowest BCUT2D eigenvalue weighted by Crippen LogP contribution is -2.06. The first-order valence-corrected chi connectivity index (χ1v) is 2.16. The van der Waals surface area contributed by atoms with E-state index in [1.807, 2.05) is 0 Å². The van der Waals surface area contributed by atoms with Crippen LogP contribution < -0.4 is 0 Å². The van der Waals surface area contributed by atoms with Crippen LogP contribution in [-0.2, 0) is 4.79 Å². The minimum absolute atomic E-state index is 0.250. The summed E-state index contributed by atoms with van der Waals surface area (Å²) in [7, 11) is 0. The second-order valence-electron chi connectivity index (χ2n) is 1.38. The van der Waals surface area contributed by atoms with Crippen molar-refractivity contribution in [2.75, 3.05) is 0 Å². The van der Waals surface area contributed by atoms with Gasteiger partial charge in [0.05, 0.1) is 0 Å². The van der Waals surface area contributed by atoms with Crippen molar-refractivity contribution in [2.45, 2.75) is 13.1 Å². The predicted octanol–water partition coefficient (Wildman–Crippen LogP) is 1.83. The van der Waals surface area contributed by atoms with Crippen molar-refractivity contribution in [1.82, 2.24) is 0 Å². The molecular weight excluding hydrogens is 149 g/mol. The van der Waals surface area contributed by atoms with Crippen molar-refractivity contribution >= 4 is 6.47 Å². The Balaban J connectivity index is 0. The number of halogens is 3. The average molecular weight is 156 g/mol. The third kappa shape index (κ3) is 10.1. The summed E-state index contributed by atoms with van der Waals surface area (Å²) in [5.74, 6) is 0. The highest BCUT2D eigenvalue weighted by Crippen LogP contribution is 2.22. The second kappa shape index (κ2) is 4.84. The largest absolute Gasteiger partial charge is 0.483 e. The molecule has 0 atom stereocenters. The van der Waals surface area contributed by atoms with Crippen LogP contribution in [0.3, 0.4) is 0 Å². The molecule has 0 unspecified atom stereocenters. The monoisotopic (exact) mass is 156 g/mol. The topological polar surface area (TPSA) is 37.3 Å². The lowest BCUT2D eigenvalue weighted by molar-refractivity contribution is -0.122. The minimum atomic E-state index is -4.19. The van der Waals surface area contributed by atoms with Crippen LogP contribution in [0.4, 0.5) is 13.2 Å². The normalized spacial score (nSPS) is 9.20. The first-order chi connectivity index (χ1) is 4.36. The highest BCUT2D eigenvalue weighted by molar-refractivity contribution is 5.32. The molecule has 0 aliphatic rings. The van der Waals surface area contributed by atoms with Crippen molar-refractivity contribution in [2.24, 2.45) is 0 Å². The van der Waals surface area contributed by atoms with Crippen LogP contribution >= 0.6 is 0 Å². The number of carbonyl (C=O) groups is 1. The van der Waals surface area contributed by atoms with Crippen molar-refractivity contribution in [3.8, 4) is 0 Å². The molecule has 0 fully saturated rings. The summed E-state index contributed by atoms with van der Waals surface area (Å²) in [6.07, 6.45) is -4.19. The molecule has 0 aromatic heterocycles. The number of carboxylic acid groups (broad SMARTS) is 1. The third-order valence-electron chi connectivity index (χ3n) is 0.484. The zero-order valence-electron chi connectivity index (χ0n) is 5.27. The molecule has 0 heterocycles. The molecule has 0 aliphatic heterocycles. The van der Waals surface area contributed by atoms with Gasteiger partial charge in [0.15, 0.2) is 0 Å². The maximum Gasteiger partial charge on any atom is 0.411 e. The van der Waals surface area contributed by atoms with Crippen LogP contribution in [0.5, 0.6) is 0 Å². The molecule has 0 amide bonds. The smallest absolute Gasteiger partial charge is 0.411 e. The van der Waals surface area contributed by atoms with Gasteiger partial charge in [0.1, 0.15) is 0 Å². The van der Waals surface area contributed by atoms with Gasteiger partial charge in [-0.05, 0) is 6.92 Å². The van der Waals surface area contributed by atoms with Gasteiger partial charge in [-0.15, -0.1) is 0 Å². The molecule has 0 saturated heterocycles. The molecule has 0 aliphatic carbocycles. The van der Waals surface area contributed by atoms with Crippen molar-refractivity contribution in [3.05, 3.63) is 12.2 Å². The first-order valence-electron chi connectivity index (χ1n) is 2.16. The lowest BCUT2D eigenvalue weighted by atomic mass is 10.3. The maximum atomic E-state index is 11.1. The van der Waals surface area contributed by atoms with Gasteiger partial charge in [-0.1, -0.05) is 6.58 Å². The van der Waals surface area contributed by atoms with Crippen molar-refractivity contribution in [3.63, 3.8) is 0 Å². The fourth-order valence-corrected chi connectivity index (χ4v) is 0. The standard InChI is InChI=1S/C4H5F3.CH2O2/c1-3(2)4(5,6)7;2-1-3/h1H2,2H3;1H,(H,2,3). The van der Waals surface area contributed by atoms with Gasteiger partial charge >= 0.3 is 6.18 Å². The Labute approximate surface area is 56.0 Å². The zero-order valence-corrected chi connectivity index (χ0v) is 5.27. The number of rotatable bonds is 0. The summed E-state index contributed by atoms with van der Waals surface area (Å²) in [4.78, 5) is 8.36. The highest BCUT2D eigenvalue weighted by Gasteiger charge is 2.27. The van der Waals surface area contributed by atoms with Gasteiger partial charge in [0.2, 0.25) is 0 Å². The summed E-state index contributed by atoms with van der Waals surface area (Å²) in [6.45, 7) is 3.38. The molecule has 0 aromatic rings. The van der Waals surface area contributed by atoms with E-state index in [9.17, 15) is 13.2 Å². The summed E-state index contributed by atoms with van der Waals surface area (Å²) >= 11 is 0. The Hall–Kier alpha value is -1.00. The van der Waals surface area contributed by atoms with Gasteiger partial charge < -0.3 is 5.11 Å². The van der Waals surface area contributed by atoms with Crippen molar-refractivity contribution in [1.29, 1.82) is 0 Å². The van der Waals surface area contributed by atoms with Gasteiger partial charge in [-0.25, -0.2) is 0 Å². The zero-order chi connectivity index (χ0) is 8.78. The Morgan fingerprint density at radius 3 is 1.70 bits per heavy atom. The average Bonchev–Trinajstić information content (AvgIpc) is 1.64. The van der Waals surface area contributed by atoms with E-state index < -0.39 is 11.7 Å². The fraction of sp³-hybridized carbons (Fsp3) is 0.400. The summed E-state index contributed by atoms with van der Waals surface area (Å²) in [5, 5.41) is 6.89. The van der Waals surface area contributed by atoms with Gasteiger partial charge in [-0.2, -0.15) is 13.2 Å².